The number of para-hydroxylation sites is 2. The summed E-state index contributed by atoms with van der Waals surface area (Å²) >= 11 is 0. The van der Waals surface area contributed by atoms with Crippen LogP contribution in [0.4, 0.5) is 24.5 Å². The molecule has 1 amide bonds. The minimum Gasteiger partial charge on any atom is -0.489 e. The summed E-state index contributed by atoms with van der Waals surface area (Å²) in [5.74, 6) is -3.19. The standard InChI is InChI=1S/C27H22F3N5O3/c28-16-13-18(23(30)20(29)14-16)17-5-6-31-25-24(17)32-15-19(26(25)34-7-10-37-11-8-34)27(36)33-35-9-12-38-22-4-2-1-3-21(22)35/h1-6,13-15H,7-12H2,(H,33,36). The first-order valence-electron chi connectivity index (χ1n) is 12.1. The van der Waals surface area contributed by atoms with Gasteiger partial charge in [0.25, 0.3) is 5.91 Å². The highest BCUT2D eigenvalue weighted by Crippen LogP contribution is 2.36. The summed E-state index contributed by atoms with van der Waals surface area (Å²) in [6.07, 6.45) is 2.79. The van der Waals surface area contributed by atoms with Gasteiger partial charge in [0.1, 0.15) is 23.7 Å². The lowest BCUT2D eigenvalue weighted by atomic mass is 10.0. The highest BCUT2D eigenvalue weighted by Gasteiger charge is 2.27. The maximum Gasteiger partial charge on any atom is 0.273 e. The van der Waals surface area contributed by atoms with Crippen molar-refractivity contribution in [3.63, 3.8) is 0 Å². The Morgan fingerprint density at radius 2 is 1.74 bits per heavy atom. The van der Waals surface area contributed by atoms with Gasteiger partial charge in [0, 0.05) is 42.7 Å². The van der Waals surface area contributed by atoms with Gasteiger partial charge in [-0.1, -0.05) is 12.1 Å². The number of morpholine rings is 1. The Bertz CT molecular complexity index is 1540. The third-order valence-corrected chi connectivity index (χ3v) is 6.55. The van der Waals surface area contributed by atoms with Crippen molar-refractivity contribution in [1.82, 2.24) is 15.4 Å². The predicted molar refractivity (Wildman–Crippen MR) is 135 cm³/mol. The van der Waals surface area contributed by atoms with Gasteiger partial charge in [0.15, 0.2) is 11.6 Å². The molecule has 0 saturated carbocycles. The van der Waals surface area contributed by atoms with Gasteiger partial charge in [0.05, 0.1) is 42.2 Å². The fourth-order valence-electron chi connectivity index (χ4n) is 4.79. The summed E-state index contributed by atoms with van der Waals surface area (Å²) in [6, 6.07) is 10.2. The molecule has 2 aliphatic rings. The normalized spacial score (nSPS) is 15.2. The lowest BCUT2D eigenvalue weighted by molar-refractivity contribution is 0.0943. The molecule has 4 heterocycles. The first-order chi connectivity index (χ1) is 18.5. The van der Waals surface area contributed by atoms with Crippen molar-refractivity contribution in [2.45, 2.75) is 0 Å². The van der Waals surface area contributed by atoms with E-state index < -0.39 is 23.4 Å². The number of nitrogens with one attached hydrogen (secondary N) is 1. The molecule has 0 spiro atoms. The van der Waals surface area contributed by atoms with Gasteiger partial charge in [-0.2, -0.15) is 0 Å². The highest BCUT2D eigenvalue weighted by molar-refractivity contribution is 6.09. The van der Waals surface area contributed by atoms with Gasteiger partial charge in [-0.25, -0.2) is 13.2 Å². The highest BCUT2D eigenvalue weighted by atomic mass is 19.2. The third-order valence-electron chi connectivity index (χ3n) is 6.55. The first-order valence-corrected chi connectivity index (χ1v) is 12.1. The first kappa shape index (κ1) is 24.0. The molecule has 1 fully saturated rings. The smallest absolute Gasteiger partial charge is 0.273 e. The van der Waals surface area contributed by atoms with Crippen LogP contribution in [0.2, 0.25) is 0 Å². The molecule has 1 saturated heterocycles. The number of amides is 1. The van der Waals surface area contributed by atoms with E-state index in [4.69, 9.17) is 9.47 Å². The van der Waals surface area contributed by atoms with E-state index >= 15 is 0 Å². The molecule has 2 aromatic heterocycles. The van der Waals surface area contributed by atoms with Crippen LogP contribution in [0.25, 0.3) is 22.2 Å². The molecule has 4 aromatic rings. The fraction of sp³-hybridized carbons (Fsp3) is 0.222. The molecule has 11 heteroatoms. The maximum absolute atomic E-state index is 14.7. The van der Waals surface area contributed by atoms with Crippen LogP contribution in [0.1, 0.15) is 10.4 Å². The quantitative estimate of drug-likeness (QED) is 0.405. The molecular formula is C27H22F3N5O3. The molecule has 1 N–H and O–H groups in total. The van der Waals surface area contributed by atoms with E-state index in [1.165, 1.54) is 18.5 Å². The number of pyridine rings is 2. The number of ether oxygens (including phenoxy) is 2. The van der Waals surface area contributed by atoms with E-state index in [-0.39, 0.29) is 22.2 Å². The van der Waals surface area contributed by atoms with Crippen LogP contribution in [0.5, 0.6) is 5.75 Å². The molecule has 8 nitrogen and oxygen atoms in total. The van der Waals surface area contributed by atoms with Crippen molar-refractivity contribution < 1.29 is 27.4 Å². The minimum atomic E-state index is -1.31. The van der Waals surface area contributed by atoms with Crippen molar-refractivity contribution >= 4 is 28.3 Å². The zero-order valence-corrected chi connectivity index (χ0v) is 20.1. The molecule has 2 aromatic carbocycles. The molecule has 0 radical (unpaired) electrons. The Morgan fingerprint density at radius 1 is 0.921 bits per heavy atom. The average molecular weight is 521 g/mol. The summed E-state index contributed by atoms with van der Waals surface area (Å²) in [4.78, 5) is 24.5. The number of hydrogen-bond donors (Lipinski definition) is 1. The zero-order valence-electron chi connectivity index (χ0n) is 20.1. The fourth-order valence-corrected chi connectivity index (χ4v) is 4.79. The Labute approximate surface area is 215 Å². The Balaban J connectivity index is 1.47. The van der Waals surface area contributed by atoms with Gasteiger partial charge in [-0.3, -0.25) is 25.2 Å². The second-order valence-electron chi connectivity index (χ2n) is 8.83. The number of hydrogen-bond acceptors (Lipinski definition) is 7. The van der Waals surface area contributed by atoms with E-state index in [2.05, 4.69) is 15.4 Å². The predicted octanol–water partition coefficient (Wildman–Crippen LogP) is 4.09. The number of aromatic nitrogens is 2. The number of anilines is 2. The monoisotopic (exact) mass is 521 g/mol. The average Bonchev–Trinajstić information content (AvgIpc) is 2.94. The third kappa shape index (κ3) is 4.24. The van der Waals surface area contributed by atoms with E-state index in [0.29, 0.717) is 62.5 Å². The summed E-state index contributed by atoms with van der Waals surface area (Å²) in [7, 11) is 0. The number of benzene rings is 2. The minimum absolute atomic E-state index is 0.162. The maximum atomic E-state index is 14.7. The summed E-state index contributed by atoms with van der Waals surface area (Å²) in [5, 5.41) is 1.71. The van der Waals surface area contributed by atoms with Crippen LogP contribution in [0, 0.1) is 17.5 Å². The second kappa shape index (κ2) is 9.82. The molecule has 0 aliphatic carbocycles. The number of rotatable bonds is 4. The number of nitrogens with zero attached hydrogens (tertiary/aromatic N) is 4. The van der Waals surface area contributed by atoms with Crippen LogP contribution in [0.15, 0.2) is 54.9 Å². The lowest BCUT2D eigenvalue weighted by Crippen LogP contribution is -2.47. The Hall–Kier alpha value is -4.38. The zero-order chi connectivity index (χ0) is 26.2. The second-order valence-corrected chi connectivity index (χ2v) is 8.83. The van der Waals surface area contributed by atoms with Crippen LogP contribution >= 0.6 is 0 Å². The van der Waals surface area contributed by atoms with Crippen molar-refractivity contribution in [1.29, 1.82) is 0 Å². The Morgan fingerprint density at radius 3 is 2.58 bits per heavy atom. The van der Waals surface area contributed by atoms with Gasteiger partial charge >= 0.3 is 0 Å². The topological polar surface area (TPSA) is 79.8 Å². The molecule has 194 valence electrons. The molecular weight excluding hydrogens is 499 g/mol. The SMILES string of the molecule is O=C(NN1CCOc2ccccc21)c1cnc2c(-c3cc(F)cc(F)c3F)ccnc2c1N1CCOCC1. The van der Waals surface area contributed by atoms with Crippen molar-refractivity contribution in [2.75, 3.05) is 49.4 Å². The number of carbonyl (C=O) groups is 1. The lowest BCUT2D eigenvalue weighted by Gasteiger charge is -2.33. The number of carbonyl (C=O) groups excluding carboxylic acids is 1. The van der Waals surface area contributed by atoms with Crippen molar-refractivity contribution in [3.05, 3.63) is 77.9 Å². The van der Waals surface area contributed by atoms with Crippen molar-refractivity contribution in [3.8, 4) is 16.9 Å². The van der Waals surface area contributed by atoms with Gasteiger partial charge < -0.3 is 14.4 Å². The van der Waals surface area contributed by atoms with Gasteiger partial charge in [0.2, 0.25) is 0 Å². The summed E-state index contributed by atoms with van der Waals surface area (Å²) in [5.41, 5.74) is 4.79. The summed E-state index contributed by atoms with van der Waals surface area (Å²) in [6.45, 7) is 2.66. The van der Waals surface area contributed by atoms with Crippen LogP contribution < -0.4 is 20.1 Å². The van der Waals surface area contributed by atoms with Crippen LogP contribution in [-0.2, 0) is 4.74 Å². The van der Waals surface area contributed by atoms with E-state index in [0.717, 1.165) is 11.8 Å². The molecule has 0 atom stereocenters. The number of fused-ring (bicyclic) bond motifs is 2. The van der Waals surface area contributed by atoms with Gasteiger partial charge in [-0.05, 0) is 24.3 Å². The molecule has 0 bridgehead atoms. The molecule has 2 aliphatic heterocycles. The number of hydrazine groups is 1. The van der Waals surface area contributed by atoms with Gasteiger partial charge in [-0.15, -0.1) is 0 Å². The van der Waals surface area contributed by atoms with E-state index in [1.54, 1.807) is 5.01 Å². The van der Waals surface area contributed by atoms with E-state index in [9.17, 15) is 18.0 Å². The Kier molecular flexibility index (Phi) is 6.20. The summed E-state index contributed by atoms with van der Waals surface area (Å²) < 4.78 is 54.0. The van der Waals surface area contributed by atoms with E-state index in [1.807, 2.05) is 29.2 Å². The largest absolute Gasteiger partial charge is 0.489 e. The van der Waals surface area contributed by atoms with Crippen LogP contribution in [-0.4, -0.2) is 55.3 Å². The molecule has 38 heavy (non-hydrogen) atoms. The number of halogens is 3. The molecule has 0 unspecified atom stereocenters. The van der Waals surface area contributed by atoms with Crippen molar-refractivity contribution in [2.24, 2.45) is 0 Å². The molecule has 6 rings (SSSR count). The van der Waals surface area contributed by atoms with Crippen LogP contribution in [0.3, 0.4) is 0 Å².